The molecule has 0 aliphatic carbocycles. The third kappa shape index (κ3) is 1.38. The first-order chi connectivity index (χ1) is 7.56. The molecule has 4 heteroatoms. The zero-order valence-electron chi connectivity index (χ0n) is 9.23. The van der Waals surface area contributed by atoms with Crippen molar-refractivity contribution in [1.82, 2.24) is 0 Å². The van der Waals surface area contributed by atoms with Gasteiger partial charge in [-0.3, -0.25) is 4.79 Å². The van der Waals surface area contributed by atoms with Gasteiger partial charge in [0.15, 0.2) is 0 Å². The van der Waals surface area contributed by atoms with Gasteiger partial charge in [-0.2, -0.15) is 0 Å². The van der Waals surface area contributed by atoms with Crippen LogP contribution in [0.3, 0.4) is 0 Å². The lowest BCUT2D eigenvalue weighted by atomic mass is 10.0. The summed E-state index contributed by atoms with van der Waals surface area (Å²) in [7, 11) is 0. The molecular formula is C12H13NO3. The van der Waals surface area contributed by atoms with Crippen molar-refractivity contribution in [1.29, 1.82) is 0 Å². The van der Waals surface area contributed by atoms with Crippen LogP contribution < -0.4 is 4.90 Å². The van der Waals surface area contributed by atoms with Gasteiger partial charge in [-0.05, 0) is 37.6 Å². The molecule has 0 saturated carbocycles. The Morgan fingerprint density at radius 3 is 2.75 bits per heavy atom. The van der Waals surface area contributed by atoms with E-state index in [1.54, 1.807) is 17.0 Å². The molecule has 0 radical (unpaired) electrons. The molecule has 2 rings (SSSR count). The minimum atomic E-state index is -0.961. The highest BCUT2D eigenvalue weighted by molar-refractivity contribution is 6.05. The summed E-state index contributed by atoms with van der Waals surface area (Å²) in [5.74, 6) is -1.16. The van der Waals surface area contributed by atoms with Crippen molar-refractivity contribution in [3.05, 3.63) is 29.3 Å². The molecule has 1 unspecified atom stereocenters. The number of rotatable bonds is 2. The number of carbonyl (C=O) groups is 2. The van der Waals surface area contributed by atoms with Crippen molar-refractivity contribution in [3.63, 3.8) is 0 Å². The fourth-order valence-electron chi connectivity index (χ4n) is 2.09. The first kappa shape index (κ1) is 10.7. The number of hydrogen-bond donors (Lipinski definition) is 1. The number of nitrogens with zero attached hydrogens (tertiary/aromatic N) is 1. The summed E-state index contributed by atoms with van der Waals surface area (Å²) in [5, 5.41) is 8.89. The lowest BCUT2D eigenvalue weighted by Gasteiger charge is -2.14. The molecule has 4 nitrogen and oxygen atoms in total. The Bertz CT molecular complexity index is 467. The van der Waals surface area contributed by atoms with Crippen molar-refractivity contribution in [2.24, 2.45) is 0 Å². The van der Waals surface area contributed by atoms with Crippen molar-refractivity contribution in [2.75, 3.05) is 11.4 Å². The van der Waals surface area contributed by atoms with E-state index < -0.39 is 5.97 Å². The van der Waals surface area contributed by atoms with Gasteiger partial charge in [-0.1, -0.05) is 0 Å². The van der Waals surface area contributed by atoms with E-state index in [-0.39, 0.29) is 17.4 Å². The number of carbonyl (C=O) groups excluding carboxylic acids is 1. The Morgan fingerprint density at radius 1 is 1.50 bits per heavy atom. The summed E-state index contributed by atoms with van der Waals surface area (Å²) in [6, 6.07) is 4.84. The normalized spacial score (nSPS) is 18.8. The highest BCUT2D eigenvalue weighted by Gasteiger charge is 2.33. The lowest BCUT2D eigenvalue weighted by molar-refractivity contribution is -0.118. The number of anilines is 1. The van der Waals surface area contributed by atoms with Crippen LogP contribution in [0.15, 0.2) is 18.2 Å². The molecule has 1 N–H and O–H groups in total. The van der Waals surface area contributed by atoms with Crippen LogP contribution in [0.2, 0.25) is 0 Å². The van der Waals surface area contributed by atoms with Crippen LogP contribution in [0.25, 0.3) is 0 Å². The minimum absolute atomic E-state index is 0.0417. The topological polar surface area (TPSA) is 57.6 Å². The minimum Gasteiger partial charge on any atom is -0.478 e. The van der Waals surface area contributed by atoms with Gasteiger partial charge in [-0.25, -0.2) is 4.79 Å². The standard InChI is InChI=1S/C12H13NO3/c1-3-13-10-5-4-8(12(15)16)6-9(10)7(2)11(13)14/h4-7H,3H2,1-2H3,(H,15,16). The predicted molar refractivity (Wildman–Crippen MR) is 59.8 cm³/mol. The molecule has 16 heavy (non-hydrogen) atoms. The van der Waals surface area contributed by atoms with Crippen molar-refractivity contribution in [3.8, 4) is 0 Å². The van der Waals surface area contributed by atoms with Gasteiger partial charge in [0.2, 0.25) is 5.91 Å². The number of carboxylic acid groups (broad SMARTS) is 1. The fourth-order valence-corrected chi connectivity index (χ4v) is 2.09. The molecule has 0 aromatic heterocycles. The first-order valence-corrected chi connectivity index (χ1v) is 5.25. The number of carboxylic acids is 1. The summed E-state index contributed by atoms with van der Waals surface area (Å²) in [6.45, 7) is 4.33. The number of aromatic carboxylic acids is 1. The SMILES string of the molecule is CCN1C(=O)C(C)c2cc(C(=O)O)ccc21. The van der Waals surface area contributed by atoms with E-state index in [2.05, 4.69) is 0 Å². The number of hydrogen-bond acceptors (Lipinski definition) is 2. The van der Waals surface area contributed by atoms with E-state index in [1.165, 1.54) is 6.07 Å². The summed E-state index contributed by atoms with van der Waals surface area (Å²) >= 11 is 0. The van der Waals surface area contributed by atoms with E-state index in [0.717, 1.165) is 11.3 Å². The molecular weight excluding hydrogens is 206 g/mol. The number of fused-ring (bicyclic) bond motifs is 1. The summed E-state index contributed by atoms with van der Waals surface area (Å²) in [6.07, 6.45) is 0. The van der Waals surface area contributed by atoms with Gasteiger partial charge in [-0.15, -0.1) is 0 Å². The maximum atomic E-state index is 11.9. The molecule has 0 bridgehead atoms. The average molecular weight is 219 g/mol. The Balaban J connectivity index is 2.54. The van der Waals surface area contributed by atoms with Crippen LogP contribution in [0.1, 0.15) is 35.7 Å². The molecule has 0 spiro atoms. The van der Waals surface area contributed by atoms with E-state index in [4.69, 9.17) is 5.11 Å². The van der Waals surface area contributed by atoms with E-state index in [1.807, 2.05) is 13.8 Å². The largest absolute Gasteiger partial charge is 0.478 e. The molecule has 0 saturated heterocycles. The fraction of sp³-hybridized carbons (Fsp3) is 0.333. The number of benzene rings is 1. The molecule has 1 atom stereocenters. The van der Waals surface area contributed by atoms with Gasteiger partial charge in [0, 0.05) is 12.2 Å². The highest BCUT2D eigenvalue weighted by atomic mass is 16.4. The molecule has 1 aromatic rings. The Labute approximate surface area is 93.5 Å². The average Bonchev–Trinajstić information content (AvgIpc) is 2.51. The molecule has 1 amide bonds. The second kappa shape index (κ2) is 3.63. The van der Waals surface area contributed by atoms with Gasteiger partial charge in [0.1, 0.15) is 0 Å². The smallest absolute Gasteiger partial charge is 0.335 e. The molecule has 84 valence electrons. The van der Waals surface area contributed by atoms with Crippen molar-refractivity contribution < 1.29 is 14.7 Å². The summed E-state index contributed by atoms with van der Waals surface area (Å²) in [4.78, 5) is 24.4. The monoisotopic (exact) mass is 219 g/mol. The maximum absolute atomic E-state index is 11.9. The van der Waals surface area contributed by atoms with E-state index in [0.29, 0.717) is 6.54 Å². The van der Waals surface area contributed by atoms with Crippen molar-refractivity contribution >= 4 is 17.6 Å². The van der Waals surface area contributed by atoms with Crippen LogP contribution in [-0.2, 0) is 4.79 Å². The van der Waals surface area contributed by atoms with E-state index in [9.17, 15) is 9.59 Å². The van der Waals surface area contributed by atoms with Crippen LogP contribution in [0.5, 0.6) is 0 Å². The lowest BCUT2D eigenvalue weighted by Crippen LogP contribution is -2.27. The quantitative estimate of drug-likeness (QED) is 0.825. The van der Waals surface area contributed by atoms with Gasteiger partial charge in [0.05, 0.1) is 11.5 Å². The number of likely N-dealkylation sites (N-methyl/N-ethyl adjacent to an activating group) is 1. The van der Waals surface area contributed by atoms with Gasteiger partial charge >= 0.3 is 5.97 Å². The van der Waals surface area contributed by atoms with Crippen LogP contribution in [0.4, 0.5) is 5.69 Å². The first-order valence-electron chi connectivity index (χ1n) is 5.25. The zero-order valence-corrected chi connectivity index (χ0v) is 9.23. The van der Waals surface area contributed by atoms with E-state index >= 15 is 0 Å². The molecule has 1 aromatic carbocycles. The van der Waals surface area contributed by atoms with Crippen molar-refractivity contribution in [2.45, 2.75) is 19.8 Å². The maximum Gasteiger partial charge on any atom is 0.335 e. The third-order valence-corrected chi connectivity index (χ3v) is 2.98. The molecule has 0 fully saturated rings. The zero-order chi connectivity index (χ0) is 11.9. The Hall–Kier alpha value is -1.84. The molecule has 1 aliphatic heterocycles. The van der Waals surface area contributed by atoms with Crippen LogP contribution in [-0.4, -0.2) is 23.5 Å². The summed E-state index contributed by atoms with van der Waals surface area (Å²) < 4.78 is 0. The van der Waals surface area contributed by atoms with Crippen LogP contribution >= 0.6 is 0 Å². The number of amides is 1. The predicted octanol–water partition coefficient (Wildman–Crippen LogP) is 1.85. The van der Waals surface area contributed by atoms with Gasteiger partial charge < -0.3 is 10.0 Å². The third-order valence-electron chi connectivity index (χ3n) is 2.98. The van der Waals surface area contributed by atoms with Gasteiger partial charge in [0.25, 0.3) is 0 Å². The second-order valence-electron chi connectivity index (χ2n) is 3.88. The molecule has 1 aliphatic rings. The van der Waals surface area contributed by atoms with Crippen LogP contribution in [0, 0.1) is 0 Å². The Kier molecular flexibility index (Phi) is 2.42. The summed E-state index contributed by atoms with van der Waals surface area (Å²) in [5.41, 5.74) is 1.88. The Morgan fingerprint density at radius 2 is 2.19 bits per heavy atom. The second-order valence-corrected chi connectivity index (χ2v) is 3.88. The molecule has 1 heterocycles. The highest BCUT2D eigenvalue weighted by Crippen LogP contribution is 2.37.